The van der Waals surface area contributed by atoms with Crippen LogP contribution < -0.4 is 10.6 Å². The third kappa shape index (κ3) is 4.41. The first-order chi connectivity index (χ1) is 16.1. The van der Waals surface area contributed by atoms with Crippen LogP contribution in [0.2, 0.25) is 0 Å². The number of amides is 2. The number of rotatable bonds is 6. The van der Waals surface area contributed by atoms with E-state index in [2.05, 4.69) is 15.7 Å². The van der Waals surface area contributed by atoms with E-state index < -0.39 is 11.1 Å². The quantitative estimate of drug-likeness (QED) is 0.611. The van der Waals surface area contributed by atoms with Gasteiger partial charge in [0.2, 0.25) is 5.91 Å². The van der Waals surface area contributed by atoms with Crippen LogP contribution >= 0.6 is 0 Å². The average molecular weight is 463 g/mol. The van der Waals surface area contributed by atoms with Gasteiger partial charge >= 0.3 is 0 Å². The van der Waals surface area contributed by atoms with Crippen LogP contribution in [0.3, 0.4) is 0 Å². The molecule has 7 nitrogen and oxygen atoms in total. The monoisotopic (exact) mass is 462 g/mol. The van der Waals surface area contributed by atoms with E-state index in [4.69, 9.17) is 0 Å². The van der Waals surface area contributed by atoms with Crippen molar-refractivity contribution in [2.24, 2.45) is 17.8 Å². The second-order valence-corrected chi connectivity index (χ2v) is 11.1. The fraction of sp³-hybridized carbons (Fsp3) is 0.519. The summed E-state index contributed by atoms with van der Waals surface area (Å²) >= 11 is 0. The van der Waals surface area contributed by atoms with E-state index in [1.165, 1.54) is 6.92 Å². The van der Waals surface area contributed by atoms with Gasteiger partial charge in [-0.2, -0.15) is 5.10 Å². The standard InChI is InChI=1S/C27H34N4O3/c1-17(32)30-26(2,3)9-10-31-24(19-7-5-4-6-8-19)22(16-28-31)25(33)29-23-20-11-18-12-21(23)15-27(34,13-18)14-20/h4-10,16,18,20-21,23,34H,11-15H2,1-3H3,(H,29,33)(H,30,32). The Labute approximate surface area is 200 Å². The molecule has 34 heavy (non-hydrogen) atoms. The highest BCUT2D eigenvalue weighted by atomic mass is 16.3. The number of nitrogens with zero attached hydrogens (tertiary/aromatic N) is 2. The molecule has 4 aliphatic carbocycles. The van der Waals surface area contributed by atoms with Gasteiger partial charge in [0.15, 0.2) is 0 Å². The lowest BCUT2D eigenvalue weighted by molar-refractivity contribution is -0.136. The normalized spacial score (nSPS) is 30.0. The Kier molecular flexibility index (Phi) is 5.63. The number of hydrogen-bond donors (Lipinski definition) is 3. The lowest BCUT2D eigenvalue weighted by Gasteiger charge is -2.58. The Morgan fingerprint density at radius 2 is 1.82 bits per heavy atom. The van der Waals surface area contributed by atoms with Crippen molar-refractivity contribution < 1.29 is 14.7 Å². The fourth-order valence-electron chi connectivity index (χ4n) is 6.72. The summed E-state index contributed by atoms with van der Waals surface area (Å²) in [7, 11) is 0. The van der Waals surface area contributed by atoms with Gasteiger partial charge in [-0.15, -0.1) is 0 Å². The lowest BCUT2D eigenvalue weighted by atomic mass is 9.52. The molecule has 3 N–H and O–H groups in total. The van der Waals surface area contributed by atoms with E-state index in [0.29, 0.717) is 23.3 Å². The molecule has 6 rings (SSSR count). The van der Waals surface area contributed by atoms with Crippen molar-refractivity contribution in [3.05, 3.63) is 48.2 Å². The molecule has 2 amide bonds. The van der Waals surface area contributed by atoms with Crippen LogP contribution in [0, 0.1) is 17.8 Å². The van der Waals surface area contributed by atoms with Gasteiger partial charge in [-0.05, 0) is 69.8 Å². The Bertz CT molecular complexity index is 1100. The average Bonchev–Trinajstić information content (AvgIpc) is 3.17. The van der Waals surface area contributed by atoms with Crippen LogP contribution in [-0.4, -0.2) is 43.9 Å². The number of aromatic nitrogens is 2. The van der Waals surface area contributed by atoms with Gasteiger partial charge < -0.3 is 15.7 Å². The lowest BCUT2D eigenvalue weighted by Crippen LogP contribution is -2.61. The summed E-state index contributed by atoms with van der Waals surface area (Å²) in [4.78, 5) is 25.1. The molecule has 4 aliphatic rings. The zero-order valence-corrected chi connectivity index (χ0v) is 20.1. The number of nitrogens with one attached hydrogen (secondary N) is 2. The van der Waals surface area contributed by atoms with Gasteiger partial charge in [0, 0.05) is 24.7 Å². The molecule has 7 heteroatoms. The predicted octanol–water partition coefficient (Wildman–Crippen LogP) is 3.60. The summed E-state index contributed by atoms with van der Waals surface area (Å²) in [5.41, 5.74) is 1.06. The maximum Gasteiger partial charge on any atom is 0.255 e. The Hall–Kier alpha value is -2.93. The molecule has 0 aliphatic heterocycles. The summed E-state index contributed by atoms with van der Waals surface area (Å²) in [6.07, 6.45) is 9.98. The van der Waals surface area contributed by atoms with Crippen LogP contribution in [0.15, 0.2) is 42.6 Å². The van der Waals surface area contributed by atoms with E-state index in [1.807, 2.05) is 50.3 Å². The molecule has 2 unspecified atom stereocenters. The molecule has 2 atom stereocenters. The first kappa shape index (κ1) is 22.8. The first-order valence-electron chi connectivity index (χ1n) is 12.3. The van der Waals surface area contributed by atoms with E-state index >= 15 is 0 Å². The van der Waals surface area contributed by atoms with Crippen LogP contribution in [0.1, 0.15) is 63.2 Å². The molecule has 180 valence electrons. The van der Waals surface area contributed by atoms with Gasteiger partial charge in [-0.1, -0.05) is 30.3 Å². The fourth-order valence-corrected chi connectivity index (χ4v) is 6.72. The van der Waals surface area contributed by atoms with Crippen LogP contribution in [0.5, 0.6) is 0 Å². The van der Waals surface area contributed by atoms with Gasteiger partial charge in [0.1, 0.15) is 0 Å². The van der Waals surface area contributed by atoms with Gasteiger partial charge in [-0.25, -0.2) is 4.68 Å². The molecule has 0 spiro atoms. The Morgan fingerprint density at radius 1 is 1.15 bits per heavy atom. The van der Waals surface area contributed by atoms with E-state index in [-0.39, 0.29) is 17.9 Å². The highest BCUT2D eigenvalue weighted by Gasteiger charge is 2.55. The van der Waals surface area contributed by atoms with E-state index in [0.717, 1.165) is 43.4 Å². The summed E-state index contributed by atoms with van der Waals surface area (Å²) in [6, 6.07) is 9.87. The Morgan fingerprint density at radius 3 is 2.44 bits per heavy atom. The highest BCUT2D eigenvalue weighted by Crippen LogP contribution is 2.55. The van der Waals surface area contributed by atoms with Gasteiger partial charge in [0.25, 0.3) is 5.91 Å². The number of carbonyl (C=O) groups is 2. The minimum absolute atomic E-state index is 0.102. The number of aliphatic hydroxyl groups is 1. The second-order valence-electron chi connectivity index (χ2n) is 11.1. The Balaban J connectivity index is 1.43. The molecule has 0 radical (unpaired) electrons. The molecular weight excluding hydrogens is 428 g/mol. The maximum absolute atomic E-state index is 13.6. The summed E-state index contributed by atoms with van der Waals surface area (Å²) < 4.78 is 1.70. The van der Waals surface area contributed by atoms with Gasteiger partial charge in [-0.3, -0.25) is 9.59 Å². The molecule has 1 aromatic carbocycles. The molecule has 4 saturated carbocycles. The SMILES string of the molecule is CC(=O)NC(C)(C)C=Cn1ncc(C(=O)NC2C3CC4CC2CC(O)(C4)C3)c1-c1ccccc1. The predicted molar refractivity (Wildman–Crippen MR) is 131 cm³/mol. The van der Waals surface area contributed by atoms with E-state index in [1.54, 1.807) is 17.1 Å². The van der Waals surface area contributed by atoms with Crippen molar-refractivity contribution in [1.82, 2.24) is 20.4 Å². The van der Waals surface area contributed by atoms with Crippen molar-refractivity contribution in [2.45, 2.75) is 70.1 Å². The van der Waals surface area contributed by atoms with Crippen molar-refractivity contribution in [1.29, 1.82) is 0 Å². The van der Waals surface area contributed by atoms with Gasteiger partial charge in [0.05, 0.1) is 28.6 Å². The second kappa shape index (κ2) is 8.38. The topological polar surface area (TPSA) is 96.2 Å². The number of carbonyl (C=O) groups excluding carboxylic acids is 2. The molecule has 4 fully saturated rings. The molecule has 2 aromatic rings. The van der Waals surface area contributed by atoms with Crippen molar-refractivity contribution in [3.63, 3.8) is 0 Å². The van der Waals surface area contributed by atoms with Crippen molar-refractivity contribution in [3.8, 4) is 11.3 Å². The van der Waals surface area contributed by atoms with Crippen molar-refractivity contribution >= 4 is 18.0 Å². The molecule has 0 saturated heterocycles. The molecule has 4 bridgehead atoms. The maximum atomic E-state index is 13.6. The first-order valence-corrected chi connectivity index (χ1v) is 12.3. The summed E-state index contributed by atoms with van der Waals surface area (Å²) in [5, 5.41) is 21.6. The minimum atomic E-state index is -0.561. The zero-order valence-electron chi connectivity index (χ0n) is 20.1. The third-order valence-corrected chi connectivity index (χ3v) is 7.76. The van der Waals surface area contributed by atoms with Crippen LogP contribution in [0.4, 0.5) is 0 Å². The highest BCUT2D eigenvalue weighted by molar-refractivity contribution is 6.00. The third-order valence-electron chi connectivity index (χ3n) is 7.76. The van der Waals surface area contributed by atoms with Crippen LogP contribution in [0.25, 0.3) is 17.5 Å². The zero-order chi connectivity index (χ0) is 24.1. The number of benzene rings is 1. The van der Waals surface area contributed by atoms with E-state index in [9.17, 15) is 14.7 Å². The molecule has 1 heterocycles. The largest absolute Gasteiger partial charge is 0.390 e. The summed E-state index contributed by atoms with van der Waals surface area (Å²) in [6.45, 7) is 5.30. The van der Waals surface area contributed by atoms with Crippen molar-refractivity contribution in [2.75, 3.05) is 0 Å². The smallest absolute Gasteiger partial charge is 0.255 e. The number of hydrogen-bond acceptors (Lipinski definition) is 4. The van der Waals surface area contributed by atoms with Crippen LogP contribution in [-0.2, 0) is 4.79 Å². The minimum Gasteiger partial charge on any atom is -0.390 e. The molecular formula is C27H34N4O3. The summed E-state index contributed by atoms with van der Waals surface area (Å²) in [5.74, 6) is 1.04. The molecule has 1 aromatic heterocycles.